The van der Waals surface area contributed by atoms with Crippen LogP contribution in [-0.2, 0) is 35.5 Å². The van der Waals surface area contributed by atoms with E-state index in [4.69, 9.17) is 24.4 Å². The summed E-state index contributed by atoms with van der Waals surface area (Å²) in [4.78, 5) is 16.1. The molecule has 194 valence electrons. The van der Waals surface area contributed by atoms with E-state index in [1.165, 1.54) is 6.20 Å². The topological polar surface area (TPSA) is 117 Å². The number of nitrogens with zero attached hydrogens (tertiary/aromatic N) is 1. The highest BCUT2D eigenvalue weighted by molar-refractivity contribution is 5.93. The Bertz CT molecular complexity index is 1400. The highest BCUT2D eigenvalue weighted by Gasteiger charge is 2.18. The van der Waals surface area contributed by atoms with Crippen molar-refractivity contribution in [3.63, 3.8) is 0 Å². The molecule has 0 aliphatic rings. The molecule has 0 saturated heterocycles. The number of nitrogens with two attached hydrogens (primary N) is 1. The molecule has 0 spiro atoms. The van der Waals surface area contributed by atoms with Crippen molar-refractivity contribution in [2.24, 2.45) is 5.73 Å². The van der Waals surface area contributed by atoms with E-state index in [1.807, 2.05) is 12.1 Å². The Balaban J connectivity index is 1.73. The van der Waals surface area contributed by atoms with E-state index in [0.29, 0.717) is 46.0 Å². The lowest BCUT2D eigenvalue weighted by Gasteiger charge is -2.14. The number of aliphatic hydroxyl groups excluding tert-OH is 1. The van der Waals surface area contributed by atoms with Crippen LogP contribution in [0.1, 0.15) is 29.5 Å². The third-order valence-electron chi connectivity index (χ3n) is 5.84. The number of benzene rings is 2. The number of fused-ring (bicyclic) bond motifs is 1. The minimum Gasteiger partial charge on any atom is -0.497 e. The molecule has 0 aliphatic carbocycles. The SMILES string of the molecule is CCOC(=O)Cc1ccc(OC)cc1OCc1cc(-c2ccnc(CN)c2F)c2oc(CCO)cc2c1. The summed E-state index contributed by atoms with van der Waals surface area (Å²) in [6.07, 6.45) is 1.88. The predicted molar refractivity (Wildman–Crippen MR) is 136 cm³/mol. The number of ether oxygens (including phenoxy) is 3. The molecule has 9 heteroatoms. The fourth-order valence-corrected chi connectivity index (χ4v) is 4.09. The van der Waals surface area contributed by atoms with E-state index in [9.17, 15) is 9.90 Å². The summed E-state index contributed by atoms with van der Waals surface area (Å²) in [5.41, 5.74) is 8.53. The molecule has 3 N–H and O–H groups in total. The molecule has 37 heavy (non-hydrogen) atoms. The van der Waals surface area contributed by atoms with Gasteiger partial charge in [-0.2, -0.15) is 0 Å². The highest BCUT2D eigenvalue weighted by Crippen LogP contribution is 2.35. The fraction of sp³-hybridized carbons (Fsp3) is 0.286. The zero-order valence-corrected chi connectivity index (χ0v) is 20.8. The van der Waals surface area contributed by atoms with E-state index in [0.717, 1.165) is 10.9 Å². The van der Waals surface area contributed by atoms with E-state index in [2.05, 4.69) is 4.98 Å². The predicted octanol–water partition coefficient (Wildman–Crippen LogP) is 4.32. The van der Waals surface area contributed by atoms with Crippen molar-refractivity contribution >= 4 is 16.9 Å². The van der Waals surface area contributed by atoms with Gasteiger partial charge < -0.3 is 29.5 Å². The second-order valence-corrected chi connectivity index (χ2v) is 8.32. The zero-order valence-electron chi connectivity index (χ0n) is 20.8. The quantitative estimate of drug-likeness (QED) is 0.288. The zero-order chi connectivity index (χ0) is 26.4. The van der Waals surface area contributed by atoms with Gasteiger partial charge in [-0.25, -0.2) is 4.39 Å². The molecule has 2 heterocycles. The molecule has 0 aliphatic heterocycles. The van der Waals surface area contributed by atoms with E-state index >= 15 is 4.39 Å². The lowest BCUT2D eigenvalue weighted by molar-refractivity contribution is -0.142. The maximum absolute atomic E-state index is 15.2. The molecule has 4 aromatic rings. The van der Waals surface area contributed by atoms with Crippen LogP contribution in [0.25, 0.3) is 22.1 Å². The molecular formula is C28H29FN2O6. The molecular weight excluding hydrogens is 479 g/mol. The monoisotopic (exact) mass is 508 g/mol. The van der Waals surface area contributed by atoms with Crippen molar-refractivity contribution in [3.05, 3.63) is 77.1 Å². The molecule has 0 fully saturated rings. The minimum absolute atomic E-state index is 0.0430. The largest absolute Gasteiger partial charge is 0.497 e. The number of carbonyl (C=O) groups is 1. The van der Waals surface area contributed by atoms with E-state index < -0.39 is 5.82 Å². The van der Waals surface area contributed by atoms with Crippen LogP contribution in [-0.4, -0.2) is 36.4 Å². The van der Waals surface area contributed by atoms with Gasteiger partial charge in [0.25, 0.3) is 0 Å². The van der Waals surface area contributed by atoms with Gasteiger partial charge in [0.05, 0.1) is 32.4 Å². The molecule has 2 aromatic carbocycles. The second kappa shape index (κ2) is 11.9. The number of aromatic nitrogens is 1. The normalized spacial score (nSPS) is 11.1. The lowest BCUT2D eigenvalue weighted by Crippen LogP contribution is -2.09. The molecule has 0 saturated carbocycles. The minimum atomic E-state index is -0.519. The third-order valence-corrected chi connectivity index (χ3v) is 5.84. The summed E-state index contributed by atoms with van der Waals surface area (Å²) in [6, 6.07) is 12.3. The van der Waals surface area contributed by atoms with Gasteiger partial charge in [0, 0.05) is 47.3 Å². The Morgan fingerprint density at radius 3 is 2.73 bits per heavy atom. The highest BCUT2D eigenvalue weighted by atomic mass is 19.1. The molecule has 0 bridgehead atoms. The number of methoxy groups -OCH3 is 1. The Morgan fingerprint density at radius 1 is 1.16 bits per heavy atom. The van der Waals surface area contributed by atoms with Gasteiger partial charge in [-0.15, -0.1) is 0 Å². The average Bonchev–Trinajstić information content (AvgIpc) is 3.30. The molecule has 8 nitrogen and oxygen atoms in total. The van der Waals surface area contributed by atoms with Gasteiger partial charge in [0.15, 0.2) is 5.82 Å². The van der Waals surface area contributed by atoms with Crippen LogP contribution in [0.15, 0.2) is 53.1 Å². The molecule has 0 unspecified atom stereocenters. The summed E-state index contributed by atoms with van der Waals surface area (Å²) >= 11 is 0. The van der Waals surface area contributed by atoms with Crippen LogP contribution in [0.2, 0.25) is 0 Å². The number of hydrogen-bond acceptors (Lipinski definition) is 8. The second-order valence-electron chi connectivity index (χ2n) is 8.32. The van der Waals surface area contributed by atoms with E-state index in [-0.39, 0.29) is 44.4 Å². The fourth-order valence-electron chi connectivity index (χ4n) is 4.09. The summed E-state index contributed by atoms with van der Waals surface area (Å²) in [5, 5.41) is 10.1. The van der Waals surface area contributed by atoms with Crippen molar-refractivity contribution in [1.29, 1.82) is 0 Å². The summed E-state index contributed by atoms with van der Waals surface area (Å²) in [7, 11) is 1.55. The Morgan fingerprint density at radius 2 is 2.00 bits per heavy atom. The number of esters is 1. The Labute approximate surface area is 213 Å². The van der Waals surface area contributed by atoms with Crippen molar-refractivity contribution in [1.82, 2.24) is 4.98 Å². The van der Waals surface area contributed by atoms with Gasteiger partial charge in [-0.1, -0.05) is 6.07 Å². The smallest absolute Gasteiger partial charge is 0.310 e. The van der Waals surface area contributed by atoms with Gasteiger partial charge in [0.1, 0.15) is 29.4 Å². The first-order valence-electron chi connectivity index (χ1n) is 11.9. The molecule has 0 atom stereocenters. The van der Waals surface area contributed by atoms with Crippen molar-refractivity contribution < 1.29 is 32.9 Å². The van der Waals surface area contributed by atoms with Crippen molar-refractivity contribution in [2.75, 3.05) is 20.3 Å². The first-order valence-corrected chi connectivity index (χ1v) is 11.9. The average molecular weight is 509 g/mol. The maximum atomic E-state index is 15.2. The van der Waals surface area contributed by atoms with Crippen LogP contribution in [0.3, 0.4) is 0 Å². The van der Waals surface area contributed by atoms with Crippen LogP contribution in [0, 0.1) is 5.82 Å². The number of aliphatic hydroxyl groups is 1. The number of pyridine rings is 1. The van der Waals surface area contributed by atoms with E-state index in [1.54, 1.807) is 44.4 Å². The van der Waals surface area contributed by atoms with Gasteiger partial charge in [-0.3, -0.25) is 9.78 Å². The number of rotatable bonds is 11. The summed E-state index contributed by atoms with van der Waals surface area (Å²) in [5.74, 6) is 0.752. The number of hydrogen-bond donors (Lipinski definition) is 2. The number of furan rings is 1. The maximum Gasteiger partial charge on any atom is 0.310 e. The Hall–Kier alpha value is -3.95. The van der Waals surface area contributed by atoms with Crippen LogP contribution < -0.4 is 15.2 Å². The van der Waals surface area contributed by atoms with Crippen molar-refractivity contribution in [2.45, 2.75) is 32.9 Å². The van der Waals surface area contributed by atoms with Crippen LogP contribution in [0.4, 0.5) is 4.39 Å². The Kier molecular flexibility index (Phi) is 8.37. The standard InChI is InChI=1S/C28H29FN2O6/c1-3-35-26(33)13-18-4-5-20(34-2)14-25(18)36-16-17-10-19-12-21(7-9-32)37-28(19)23(11-17)22-6-8-31-24(15-30)27(22)29/h4-6,8,10-12,14,32H,3,7,9,13,15-16,30H2,1-2H3. The lowest BCUT2D eigenvalue weighted by atomic mass is 10.00. The van der Waals surface area contributed by atoms with Crippen LogP contribution in [0.5, 0.6) is 11.5 Å². The van der Waals surface area contributed by atoms with Gasteiger partial charge >= 0.3 is 5.97 Å². The summed E-state index contributed by atoms with van der Waals surface area (Å²) < 4.78 is 37.7. The molecule has 0 radical (unpaired) electrons. The number of carbonyl (C=O) groups excluding carboxylic acids is 1. The van der Waals surface area contributed by atoms with Crippen molar-refractivity contribution in [3.8, 4) is 22.6 Å². The molecule has 0 amide bonds. The van der Waals surface area contributed by atoms with Crippen LogP contribution >= 0.6 is 0 Å². The van der Waals surface area contributed by atoms with Gasteiger partial charge in [0.2, 0.25) is 0 Å². The van der Waals surface area contributed by atoms with Gasteiger partial charge in [-0.05, 0) is 42.8 Å². The molecule has 4 rings (SSSR count). The summed E-state index contributed by atoms with van der Waals surface area (Å²) in [6.45, 7) is 2.04. The first-order chi connectivity index (χ1) is 18.0. The first kappa shape index (κ1) is 26.1. The number of halogens is 1. The third kappa shape index (κ3) is 5.90. The molecule has 2 aromatic heterocycles.